The van der Waals surface area contributed by atoms with E-state index < -0.39 is 0 Å². The molecule has 3 rings (SSSR count). The second kappa shape index (κ2) is 6.14. The summed E-state index contributed by atoms with van der Waals surface area (Å²) in [5.41, 5.74) is 4.19. The van der Waals surface area contributed by atoms with Gasteiger partial charge in [0.1, 0.15) is 0 Å². The standard InChI is InChI=1S/C19H19N2O/c1-3-15-12-18-16(17(4-2)20-15)10-11-19(22)21(18)13-14-8-6-5-7-9-14/h6-12H,3-4,13H2,1-2H3. The van der Waals surface area contributed by atoms with Crippen LogP contribution in [-0.2, 0) is 19.4 Å². The van der Waals surface area contributed by atoms with Crippen LogP contribution in [0.25, 0.3) is 10.9 Å². The Kier molecular flexibility index (Phi) is 4.05. The SMILES string of the molecule is CCc1cc2c(ccc(=O)n2Cc2cc[c]cc2)c(CC)n1. The Morgan fingerprint density at radius 1 is 1.09 bits per heavy atom. The number of nitrogens with zero attached hydrogens (tertiary/aromatic N) is 2. The molecule has 3 aromatic rings. The molecular formula is C19H19N2O. The molecule has 2 heterocycles. The van der Waals surface area contributed by atoms with Crippen LogP contribution in [0.3, 0.4) is 0 Å². The van der Waals surface area contributed by atoms with Crippen LogP contribution in [0.5, 0.6) is 0 Å². The van der Waals surface area contributed by atoms with Gasteiger partial charge in [-0.3, -0.25) is 9.78 Å². The van der Waals surface area contributed by atoms with E-state index in [1.165, 1.54) is 0 Å². The molecular weight excluding hydrogens is 272 g/mol. The number of benzene rings is 1. The summed E-state index contributed by atoms with van der Waals surface area (Å²) in [6.45, 7) is 4.76. The van der Waals surface area contributed by atoms with Crippen LogP contribution in [0, 0.1) is 6.07 Å². The van der Waals surface area contributed by atoms with Gasteiger partial charge < -0.3 is 4.57 Å². The minimum absolute atomic E-state index is 0.0237. The van der Waals surface area contributed by atoms with Crippen molar-refractivity contribution < 1.29 is 0 Å². The second-order valence-electron chi connectivity index (χ2n) is 5.37. The largest absolute Gasteiger partial charge is 0.304 e. The zero-order chi connectivity index (χ0) is 15.5. The Bertz CT molecular complexity index is 850. The molecule has 0 N–H and O–H groups in total. The molecule has 1 radical (unpaired) electrons. The van der Waals surface area contributed by atoms with E-state index in [2.05, 4.69) is 19.9 Å². The number of rotatable bonds is 4. The van der Waals surface area contributed by atoms with Crippen LogP contribution in [0.2, 0.25) is 0 Å². The normalized spacial score (nSPS) is 11.0. The van der Waals surface area contributed by atoms with E-state index in [9.17, 15) is 4.79 Å². The molecule has 0 fully saturated rings. The molecule has 3 heteroatoms. The van der Waals surface area contributed by atoms with Crippen molar-refractivity contribution in [2.75, 3.05) is 0 Å². The monoisotopic (exact) mass is 291 g/mol. The first-order valence-electron chi connectivity index (χ1n) is 7.70. The molecule has 0 atom stereocenters. The van der Waals surface area contributed by atoms with Gasteiger partial charge in [0.2, 0.25) is 0 Å². The molecule has 0 aliphatic carbocycles. The van der Waals surface area contributed by atoms with E-state index in [0.717, 1.165) is 40.7 Å². The molecule has 0 aliphatic heterocycles. The van der Waals surface area contributed by atoms with Crippen LogP contribution in [0.15, 0.2) is 47.3 Å². The predicted molar refractivity (Wildman–Crippen MR) is 89.1 cm³/mol. The molecule has 111 valence electrons. The van der Waals surface area contributed by atoms with Crippen molar-refractivity contribution >= 4 is 10.9 Å². The van der Waals surface area contributed by atoms with Crippen LogP contribution in [0.4, 0.5) is 0 Å². The van der Waals surface area contributed by atoms with Crippen molar-refractivity contribution in [1.82, 2.24) is 9.55 Å². The van der Waals surface area contributed by atoms with E-state index in [-0.39, 0.29) is 5.56 Å². The third-order valence-electron chi connectivity index (χ3n) is 3.94. The third kappa shape index (κ3) is 2.67. The maximum Gasteiger partial charge on any atom is 0.251 e. The van der Waals surface area contributed by atoms with E-state index in [1.54, 1.807) is 6.07 Å². The molecule has 0 unspecified atom stereocenters. The molecule has 0 saturated carbocycles. The van der Waals surface area contributed by atoms with Gasteiger partial charge in [-0.2, -0.15) is 0 Å². The summed E-state index contributed by atoms with van der Waals surface area (Å²) in [6, 6.07) is 16.3. The van der Waals surface area contributed by atoms with Gasteiger partial charge >= 0.3 is 0 Å². The zero-order valence-corrected chi connectivity index (χ0v) is 13.0. The Morgan fingerprint density at radius 3 is 2.55 bits per heavy atom. The number of fused-ring (bicyclic) bond motifs is 1. The molecule has 0 spiro atoms. The van der Waals surface area contributed by atoms with Crippen LogP contribution < -0.4 is 5.56 Å². The zero-order valence-electron chi connectivity index (χ0n) is 13.0. The van der Waals surface area contributed by atoms with Crippen LogP contribution in [-0.4, -0.2) is 9.55 Å². The topological polar surface area (TPSA) is 34.9 Å². The summed E-state index contributed by atoms with van der Waals surface area (Å²) in [4.78, 5) is 17.1. The highest BCUT2D eigenvalue weighted by molar-refractivity contribution is 5.81. The van der Waals surface area contributed by atoms with E-state index in [1.807, 2.05) is 41.0 Å². The maximum absolute atomic E-state index is 12.4. The summed E-state index contributed by atoms with van der Waals surface area (Å²) >= 11 is 0. The molecule has 0 aliphatic rings. The smallest absolute Gasteiger partial charge is 0.251 e. The highest BCUT2D eigenvalue weighted by atomic mass is 16.1. The molecule has 2 aromatic heterocycles. The van der Waals surface area contributed by atoms with E-state index in [0.29, 0.717) is 6.54 Å². The summed E-state index contributed by atoms with van der Waals surface area (Å²) in [5, 5.41) is 1.07. The second-order valence-corrected chi connectivity index (χ2v) is 5.37. The number of aromatic nitrogens is 2. The Balaban J connectivity index is 2.24. The quantitative estimate of drug-likeness (QED) is 0.738. The summed E-state index contributed by atoms with van der Waals surface area (Å²) in [7, 11) is 0. The number of aryl methyl sites for hydroxylation is 2. The lowest BCUT2D eigenvalue weighted by molar-refractivity contribution is 0.790. The fourth-order valence-electron chi connectivity index (χ4n) is 2.74. The van der Waals surface area contributed by atoms with Gasteiger partial charge in [-0.1, -0.05) is 38.1 Å². The van der Waals surface area contributed by atoms with Crippen molar-refractivity contribution in [1.29, 1.82) is 0 Å². The molecule has 0 bridgehead atoms. The van der Waals surface area contributed by atoms with E-state index in [4.69, 9.17) is 4.98 Å². The fraction of sp³-hybridized carbons (Fsp3) is 0.263. The van der Waals surface area contributed by atoms with Gasteiger partial charge in [-0.25, -0.2) is 0 Å². The fourth-order valence-corrected chi connectivity index (χ4v) is 2.74. The lowest BCUT2D eigenvalue weighted by Gasteiger charge is -2.13. The predicted octanol–water partition coefficient (Wildman–Crippen LogP) is 3.37. The number of hydrogen-bond donors (Lipinski definition) is 0. The summed E-state index contributed by atoms with van der Waals surface area (Å²) < 4.78 is 1.84. The van der Waals surface area contributed by atoms with Gasteiger partial charge in [0.25, 0.3) is 5.56 Å². The average molecular weight is 291 g/mol. The molecule has 0 amide bonds. The Morgan fingerprint density at radius 2 is 1.86 bits per heavy atom. The number of hydrogen-bond acceptors (Lipinski definition) is 2. The van der Waals surface area contributed by atoms with Gasteiger partial charge in [-0.05, 0) is 36.6 Å². The molecule has 0 saturated heterocycles. The van der Waals surface area contributed by atoms with Crippen molar-refractivity contribution in [3.63, 3.8) is 0 Å². The van der Waals surface area contributed by atoms with Crippen LogP contribution in [0.1, 0.15) is 30.8 Å². The highest BCUT2D eigenvalue weighted by Crippen LogP contribution is 2.19. The van der Waals surface area contributed by atoms with Crippen molar-refractivity contribution in [3.05, 3.63) is 75.8 Å². The summed E-state index contributed by atoms with van der Waals surface area (Å²) in [6.07, 6.45) is 1.73. The van der Waals surface area contributed by atoms with Crippen molar-refractivity contribution in [2.45, 2.75) is 33.2 Å². The van der Waals surface area contributed by atoms with Gasteiger partial charge in [0, 0.05) is 22.8 Å². The minimum atomic E-state index is 0.0237. The first-order chi connectivity index (χ1) is 10.7. The number of pyridine rings is 2. The first-order valence-corrected chi connectivity index (χ1v) is 7.70. The lowest BCUT2D eigenvalue weighted by atomic mass is 10.1. The third-order valence-corrected chi connectivity index (χ3v) is 3.94. The van der Waals surface area contributed by atoms with Gasteiger partial charge in [0.15, 0.2) is 0 Å². The minimum Gasteiger partial charge on any atom is -0.304 e. The Hall–Kier alpha value is -2.42. The van der Waals surface area contributed by atoms with E-state index >= 15 is 0 Å². The molecule has 1 aromatic carbocycles. The van der Waals surface area contributed by atoms with Crippen molar-refractivity contribution in [3.8, 4) is 0 Å². The maximum atomic E-state index is 12.4. The lowest BCUT2D eigenvalue weighted by Crippen LogP contribution is -2.20. The van der Waals surface area contributed by atoms with Gasteiger partial charge in [-0.15, -0.1) is 0 Å². The average Bonchev–Trinajstić information content (AvgIpc) is 2.57. The Labute approximate surface area is 130 Å². The van der Waals surface area contributed by atoms with Crippen LogP contribution >= 0.6 is 0 Å². The molecule has 3 nitrogen and oxygen atoms in total. The van der Waals surface area contributed by atoms with Crippen molar-refractivity contribution in [2.24, 2.45) is 0 Å². The molecule has 22 heavy (non-hydrogen) atoms. The first kappa shape index (κ1) is 14.5. The van der Waals surface area contributed by atoms with Gasteiger partial charge in [0.05, 0.1) is 12.1 Å². The highest BCUT2D eigenvalue weighted by Gasteiger charge is 2.09. The summed E-state index contributed by atoms with van der Waals surface area (Å²) in [5.74, 6) is 0.